The summed E-state index contributed by atoms with van der Waals surface area (Å²) >= 11 is 0. The lowest BCUT2D eigenvalue weighted by atomic mass is 10.1. The van der Waals surface area contributed by atoms with Gasteiger partial charge in [0.05, 0.1) is 11.0 Å². The van der Waals surface area contributed by atoms with Crippen molar-refractivity contribution in [2.45, 2.75) is 44.8 Å². The second-order valence-corrected chi connectivity index (χ2v) is 6.94. The van der Waals surface area contributed by atoms with E-state index in [0.717, 1.165) is 12.8 Å². The van der Waals surface area contributed by atoms with E-state index in [1.807, 2.05) is 0 Å². The lowest BCUT2D eigenvalue weighted by Crippen LogP contribution is -2.20. The minimum atomic E-state index is -2.96. The maximum absolute atomic E-state index is 11.5. The van der Waals surface area contributed by atoms with Crippen molar-refractivity contribution in [1.29, 1.82) is 0 Å². The first-order valence-corrected chi connectivity index (χ1v) is 6.89. The van der Waals surface area contributed by atoms with Crippen LogP contribution in [0.5, 0.6) is 0 Å². The summed E-state index contributed by atoms with van der Waals surface area (Å²) in [6, 6.07) is 0. The zero-order valence-corrected chi connectivity index (χ0v) is 9.64. The fourth-order valence-electron chi connectivity index (χ4n) is 1.74. The van der Waals surface area contributed by atoms with Crippen LogP contribution in [0.2, 0.25) is 0 Å². The molecular formula is C10H18O3S. The summed E-state index contributed by atoms with van der Waals surface area (Å²) in [6.45, 7) is 3.37. The molecule has 0 N–H and O–H groups in total. The summed E-state index contributed by atoms with van der Waals surface area (Å²) < 4.78 is 23.0. The number of sulfone groups is 1. The average Bonchev–Trinajstić information content (AvgIpc) is 2.47. The van der Waals surface area contributed by atoms with E-state index >= 15 is 0 Å². The first-order valence-electron chi connectivity index (χ1n) is 5.18. The fourth-order valence-corrected chi connectivity index (χ4v) is 2.82. The zero-order valence-electron chi connectivity index (χ0n) is 8.82. The fraction of sp³-hybridized carbons (Fsp3) is 0.900. The average molecular weight is 218 g/mol. The SMILES string of the molecule is CC(C)S(=O)(=O)CCC1CCCC1=O. The van der Waals surface area contributed by atoms with Crippen LogP contribution >= 0.6 is 0 Å². The van der Waals surface area contributed by atoms with Crippen molar-refractivity contribution >= 4 is 15.6 Å². The van der Waals surface area contributed by atoms with Gasteiger partial charge in [0, 0.05) is 12.3 Å². The number of hydrogen-bond donors (Lipinski definition) is 0. The van der Waals surface area contributed by atoms with Gasteiger partial charge >= 0.3 is 0 Å². The Morgan fingerprint density at radius 1 is 1.43 bits per heavy atom. The third kappa shape index (κ3) is 2.80. The van der Waals surface area contributed by atoms with E-state index in [4.69, 9.17) is 0 Å². The first kappa shape index (κ1) is 11.7. The number of carbonyl (C=O) groups is 1. The number of hydrogen-bond acceptors (Lipinski definition) is 3. The van der Waals surface area contributed by atoms with Crippen molar-refractivity contribution in [3.63, 3.8) is 0 Å². The third-order valence-corrected chi connectivity index (χ3v) is 5.14. The lowest BCUT2D eigenvalue weighted by Gasteiger charge is -2.10. The molecule has 82 valence electrons. The number of carbonyl (C=O) groups excluding carboxylic acids is 1. The van der Waals surface area contributed by atoms with Crippen LogP contribution in [-0.2, 0) is 14.6 Å². The van der Waals surface area contributed by atoms with Gasteiger partial charge in [-0.15, -0.1) is 0 Å². The van der Waals surface area contributed by atoms with Crippen LogP contribution in [0.3, 0.4) is 0 Å². The highest BCUT2D eigenvalue weighted by Gasteiger charge is 2.26. The number of ketones is 1. The van der Waals surface area contributed by atoms with Crippen molar-refractivity contribution < 1.29 is 13.2 Å². The zero-order chi connectivity index (χ0) is 10.8. The molecule has 0 spiro atoms. The van der Waals surface area contributed by atoms with Gasteiger partial charge in [0.2, 0.25) is 0 Å². The van der Waals surface area contributed by atoms with Crippen molar-refractivity contribution in [1.82, 2.24) is 0 Å². The standard InChI is InChI=1S/C10H18O3S/c1-8(2)14(12,13)7-6-9-4-3-5-10(9)11/h8-9H,3-7H2,1-2H3. The summed E-state index contributed by atoms with van der Waals surface area (Å²) in [7, 11) is -2.96. The van der Waals surface area contributed by atoms with Gasteiger partial charge in [-0.1, -0.05) is 0 Å². The smallest absolute Gasteiger partial charge is 0.152 e. The Bertz CT molecular complexity index is 303. The highest BCUT2D eigenvalue weighted by molar-refractivity contribution is 7.91. The molecule has 1 aliphatic carbocycles. The van der Waals surface area contributed by atoms with E-state index in [1.165, 1.54) is 0 Å². The Morgan fingerprint density at radius 3 is 2.50 bits per heavy atom. The Hall–Kier alpha value is -0.380. The normalized spacial score (nSPS) is 23.4. The van der Waals surface area contributed by atoms with Crippen LogP contribution in [0.4, 0.5) is 0 Å². The summed E-state index contributed by atoms with van der Waals surface area (Å²) in [4.78, 5) is 11.3. The Morgan fingerprint density at radius 2 is 2.07 bits per heavy atom. The summed E-state index contributed by atoms with van der Waals surface area (Å²) in [6.07, 6.45) is 2.99. The predicted octanol–water partition coefficient (Wildman–Crippen LogP) is 1.57. The van der Waals surface area contributed by atoms with Gasteiger partial charge in [-0.25, -0.2) is 8.42 Å². The third-order valence-electron chi connectivity index (χ3n) is 2.90. The van der Waals surface area contributed by atoms with Crippen LogP contribution in [0.25, 0.3) is 0 Å². The molecule has 0 aromatic carbocycles. The van der Waals surface area contributed by atoms with Crippen molar-refractivity contribution in [2.75, 3.05) is 5.75 Å². The Balaban J connectivity index is 2.44. The number of Topliss-reactive ketones (excluding diaryl/α,β-unsaturated/α-hetero) is 1. The van der Waals surface area contributed by atoms with E-state index in [2.05, 4.69) is 0 Å². The van der Waals surface area contributed by atoms with Crippen LogP contribution in [0.15, 0.2) is 0 Å². The highest BCUT2D eigenvalue weighted by Crippen LogP contribution is 2.25. The maximum atomic E-state index is 11.5. The van der Waals surface area contributed by atoms with Crippen LogP contribution in [0, 0.1) is 5.92 Å². The molecular weight excluding hydrogens is 200 g/mol. The van der Waals surface area contributed by atoms with E-state index in [9.17, 15) is 13.2 Å². The van der Waals surface area contributed by atoms with E-state index < -0.39 is 9.84 Å². The molecule has 0 aliphatic heterocycles. The van der Waals surface area contributed by atoms with Gasteiger partial charge in [0.15, 0.2) is 9.84 Å². The molecule has 1 unspecified atom stereocenters. The summed E-state index contributed by atoms with van der Waals surface area (Å²) in [5.41, 5.74) is 0. The predicted molar refractivity (Wildman–Crippen MR) is 55.9 cm³/mol. The molecule has 0 bridgehead atoms. The Labute approximate surface area is 85.8 Å². The van der Waals surface area contributed by atoms with Crippen LogP contribution in [0.1, 0.15) is 39.5 Å². The molecule has 0 radical (unpaired) electrons. The topological polar surface area (TPSA) is 51.2 Å². The van der Waals surface area contributed by atoms with Gasteiger partial charge in [0.1, 0.15) is 5.78 Å². The molecule has 0 aromatic rings. The van der Waals surface area contributed by atoms with Gasteiger partial charge in [-0.3, -0.25) is 4.79 Å². The molecule has 1 saturated carbocycles. The minimum absolute atomic E-state index is 0.0172. The molecule has 1 aliphatic rings. The molecule has 1 rings (SSSR count). The van der Waals surface area contributed by atoms with Crippen molar-refractivity contribution in [3.05, 3.63) is 0 Å². The highest BCUT2D eigenvalue weighted by atomic mass is 32.2. The second kappa shape index (κ2) is 4.43. The van der Waals surface area contributed by atoms with Crippen molar-refractivity contribution in [3.8, 4) is 0 Å². The second-order valence-electron chi connectivity index (χ2n) is 4.26. The first-order chi connectivity index (χ1) is 6.43. The number of rotatable bonds is 4. The van der Waals surface area contributed by atoms with Gasteiger partial charge in [-0.05, 0) is 33.1 Å². The van der Waals surface area contributed by atoms with E-state index in [-0.39, 0.29) is 22.7 Å². The molecule has 14 heavy (non-hydrogen) atoms. The molecule has 4 heteroatoms. The van der Waals surface area contributed by atoms with Gasteiger partial charge in [-0.2, -0.15) is 0 Å². The Kier molecular flexibility index (Phi) is 3.70. The van der Waals surface area contributed by atoms with E-state index in [0.29, 0.717) is 12.8 Å². The van der Waals surface area contributed by atoms with Gasteiger partial charge in [0.25, 0.3) is 0 Å². The van der Waals surface area contributed by atoms with Crippen LogP contribution < -0.4 is 0 Å². The summed E-state index contributed by atoms with van der Waals surface area (Å²) in [5, 5.41) is -0.320. The monoisotopic (exact) mass is 218 g/mol. The van der Waals surface area contributed by atoms with Crippen LogP contribution in [-0.4, -0.2) is 25.2 Å². The molecule has 0 aromatic heterocycles. The molecule has 1 fully saturated rings. The van der Waals surface area contributed by atoms with Gasteiger partial charge < -0.3 is 0 Å². The summed E-state index contributed by atoms with van der Waals surface area (Å²) in [5.74, 6) is 0.439. The molecule has 3 nitrogen and oxygen atoms in total. The molecule has 1 atom stereocenters. The quantitative estimate of drug-likeness (QED) is 0.719. The maximum Gasteiger partial charge on any atom is 0.152 e. The minimum Gasteiger partial charge on any atom is -0.299 e. The lowest BCUT2D eigenvalue weighted by molar-refractivity contribution is -0.120. The largest absolute Gasteiger partial charge is 0.299 e. The van der Waals surface area contributed by atoms with Crippen molar-refractivity contribution in [2.24, 2.45) is 5.92 Å². The van der Waals surface area contributed by atoms with E-state index in [1.54, 1.807) is 13.8 Å². The molecule has 0 saturated heterocycles. The molecule has 0 heterocycles. The molecule has 0 amide bonds.